The third-order valence-corrected chi connectivity index (χ3v) is 3.49. The Morgan fingerprint density at radius 3 is 2.25 bits per heavy atom. The molecular weight excluding hydrogens is 312 g/mol. The summed E-state index contributed by atoms with van der Waals surface area (Å²) in [5.41, 5.74) is 0.637. The topological polar surface area (TPSA) is 96.7 Å². The van der Waals surface area contributed by atoms with Crippen molar-refractivity contribution in [2.24, 2.45) is 0 Å². The van der Waals surface area contributed by atoms with Gasteiger partial charge in [-0.2, -0.15) is 5.26 Å². The molecule has 0 saturated heterocycles. The van der Waals surface area contributed by atoms with Crippen molar-refractivity contribution in [2.45, 2.75) is 0 Å². The molecule has 0 saturated carbocycles. The van der Waals surface area contributed by atoms with E-state index >= 15 is 0 Å². The molecule has 0 unspecified atom stereocenters. The molecule has 0 bridgehead atoms. The van der Waals surface area contributed by atoms with Gasteiger partial charge in [-0.1, -0.05) is 17.2 Å². The molecular formula is C17H10N2O5. The molecule has 0 fully saturated rings. The van der Waals surface area contributed by atoms with Crippen LogP contribution in [0.25, 0.3) is 0 Å². The summed E-state index contributed by atoms with van der Waals surface area (Å²) in [7, 11) is 1.36. The first-order chi connectivity index (χ1) is 11.6. The van der Waals surface area contributed by atoms with Crippen LogP contribution in [-0.2, 0) is 4.84 Å². The summed E-state index contributed by atoms with van der Waals surface area (Å²) in [6.07, 6.45) is 0. The predicted octanol–water partition coefficient (Wildman–Crippen LogP) is 1.93. The number of methoxy groups -OCH3 is 1. The molecule has 0 N–H and O–H groups in total. The van der Waals surface area contributed by atoms with Gasteiger partial charge in [0.1, 0.15) is 11.8 Å². The number of fused-ring (bicyclic) bond motifs is 1. The standard InChI is InChI=1S/C17H10N2O5/c1-23-14-8-10(6-7-11(14)9-18)17(22)24-19-15(20)12-4-2-3-5-13(12)16(19)21/h2-8H,1H3. The Kier molecular flexibility index (Phi) is 3.72. The van der Waals surface area contributed by atoms with Gasteiger partial charge in [0.15, 0.2) is 0 Å². The van der Waals surface area contributed by atoms with Crippen molar-refractivity contribution in [3.8, 4) is 11.8 Å². The lowest BCUT2D eigenvalue weighted by atomic mass is 10.1. The largest absolute Gasteiger partial charge is 0.495 e. The third-order valence-electron chi connectivity index (χ3n) is 3.49. The highest BCUT2D eigenvalue weighted by atomic mass is 16.7. The Morgan fingerprint density at radius 2 is 1.71 bits per heavy atom. The maximum atomic E-state index is 12.2. The predicted molar refractivity (Wildman–Crippen MR) is 80.1 cm³/mol. The Balaban J connectivity index is 1.85. The highest BCUT2D eigenvalue weighted by molar-refractivity contribution is 6.21. The Morgan fingerprint density at radius 1 is 1.08 bits per heavy atom. The Bertz CT molecular complexity index is 878. The summed E-state index contributed by atoms with van der Waals surface area (Å²) in [6, 6.07) is 12.1. The van der Waals surface area contributed by atoms with Gasteiger partial charge in [0.2, 0.25) is 0 Å². The van der Waals surface area contributed by atoms with E-state index < -0.39 is 17.8 Å². The van der Waals surface area contributed by atoms with Crippen LogP contribution in [-0.4, -0.2) is 30.0 Å². The lowest BCUT2D eigenvalue weighted by molar-refractivity contribution is -0.0584. The smallest absolute Gasteiger partial charge is 0.364 e. The zero-order chi connectivity index (χ0) is 17.3. The first-order valence-corrected chi connectivity index (χ1v) is 6.85. The van der Waals surface area contributed by atoms with Crippen molar-refractivity contribution in [1.29, 1.82) is 5.26 Å². The fourth-order valence-electron chi connectivity index (χ4n) is 2.30. The summed E-state index contributed by atoms with van der Waals surface area (Å²) < 4.78 is 5.01. The summed E-state index contributed by atoms with van der Waals surface area (Å²) in [5, 5.41) is 9.36. The van der Waals surface area contributed by atoms with Gasteiger partial charge in [-0.3, -0.25) is 9.59 Å². The van der Waals surface area contributed by atoms with Crippen LogP contribution in [0.5, 0.6) is 5.75 Å². The second-order valence-corrected chi connectivity index (χ2v) is 4.86. The lowest BCUT2D eigenvalue weighted by Gasteiger charge is -2.13. The normalized spacial score (nSPS) is 12.6. The summed E-state index contributed by atoms with van der Waals surface area (Å²) in [5.74, 6) is -2.13. The van der Waals surface area contributed by atoms with Crippen LogP contribution in [0.15, 0.2) is 42.5 Å². The number of hydroxylamine groups is 2. The van der Waals surface area contributed by atoms with Crippen LogP contribution in [0.2, 0.25) is 0 Å². The molecule has 0 atom stereocenters. The average molecular weight is 322 g/mol. The molecule has 1 aliphatic heterocycles. The van der Waals surface area contributed by atoms with Crippen LogP contribution < -0.4 is 4.74 Å². The lowest BCUT2D eigenvalue weighted by Crippen LogP contribution is -2.32. The van der Waals surface area contributed by atoms with E-state index in [2.05, 4.69) is 0 Å². The molecule has 2 amide bonds. The molecule has 118 valence electrons. The zero-order valence-corrected chi connectivity index (χ0v) is 12.5. The molecule has 7 nitrogen and oxygen atoms in total. The third kappa shape index (κ3) is 2.36. The number of hydrogen-bond acceptors (Lipinski definition) is 6. The number of nitriles is 1. The highest BCUT2D eigenvalue weighted by Crippen LogP contribution is 2.24. The minimum Gasteiger partial charge on any atom is -0.495 e. The van der Waals surface area contributed by atoms with E-state index in [1.807, 2.05) is 6.07 Å². The fourth-order valence-corrected chi connectivity index (χ4v) is 2.30. The number of benzene rings is 2. The van der Waals surface area contributed by atoms with Crippen molar-refractivity contribution in [2.75, 3.05) is 7.11 Å². The van der Waals surface area contributed by atoms with E-state index in [1.54, 1.807) is 12.1 Å². The molecule has 0 radical (unpaired) electrons. The number of carbonyl (C=O) groups excluding carboxylic acids is 3. The SMILES string of the molecule is COc1cc(C(=O)ON2C(=O)c3ccccc3C2=O)ccc1C#N. The number of hydrogen-bond donors (Lipinski definition) is 0. The van der Waals surface area contributed by atoms with Crippen LogP contribution in [0.1, 0.15) is 36.6 Å². The second-order valence-electron chi connectivity index (χ2n) is 4.86. The molecule has 0 spiro atoms. The van der Waals surface area contributed by atoms with E-state index in [0.717, 1.165) is 0 Å². The van der Waals surface area contributed by atoms with Gasteiger partial charge in [-0.15, -0.1) is 0 Å². The van der Waals surface area contributed by atoms with E-state index in [4.69, 9.17) is 14.8 Å². The van der Waals surface area contributed by atoms with Crippen LogP contribution >= 0.6 is 0 Å². The molecule has 0 aliphatic carbocycles. The molecule has 0 aromatic heterocycles. The molecule has 2 aromatic carbocycles. The van der Waals surface area contributed by atoms with Crippen LogP contribution in [0.4, 0.5) is 0 Å². The van der Waals surface area contributed by atoms with Gasteiger partial charge in [-0.25, -0.2) is 4.79 Å². The van der Waals surface area contributed by atoms with E-state index in [-0.39, 0.29) is 28.0 Å². The number of amides is 2. The van der Waals surface area contributed by atoms with Crippen LogP contribution in [0, 0.1) is 11.3 Å². The van der Waals surface area contributed by atoms with E-state index in [0.29, 0.717) is 5.06 Å². The van der Waals surface area contributed by atoms with Gasteiger partial charge < -0.3 is 9.57 Å². The number of ether oxygens (including phenoxy) is 1. The molecule has 7 heteroatoms. The first kappa shape index (κ1) is 15.2. The van der Waals surface area contributed by atoms with Gasteiger partial charge >= 0.3 is 5.97 Å². The van der Waals surface area contributed by atoms with Crippen molar-refractivity contribution in [1.82, 2.24) is 5.06 Å². The van der Waals surface area contributed by atoms with E-state index in [1.165, 1.54) is 37.4 Å². The van der Waals surface area contributed by atoms with Gasteiger partial charge in [0.05, 0.1) is 29.4 Å². The van der Waals surface area contributed by atoms with Crippen molar-refractivity contribution >= 4 is 17.8 Å². The summed E-state index contributed by atoms with van der Waals surface area (Å²) in [6.45, 7) is 0. The summed E-state index contributed by atoms with van der Waals surface area (Å²) >= 11 is 0. The quantitative estimate of drug-likeness (QED) is 0.801. The zero-order valence-electron chi connectivity index (χ0n) is 12.5. The number of imide groups is 1. The second kappa shape index (κ2) is 5.85. The Labute approximate surface area is 136 Å². The minimum atomic E-state index is -0.910. The highest BCUT2D eigenvalue weighted by Gasteiger charge is 2.38. The maximum Gasteiger partial charge on any atom is 0.364 e. The Hall–Kier alpha value is -3.66. The minimum absolute atomic E-state index is 0.0439. The van der Waals surface area contributed by atoms with Gasteiger partial charge in [-0.05, 0) is 30.3 Å². The average Bonchev–Trinajstić information content (AvgIpc) is 2.86. The maximum absolute atomic E-state index is 12.2. The van der Waals surface area contributed by atoms with Crippen LogP contribution in [0.3, 0.4) is 0 Å². The molecule has 3 rings (SSSR count). The number of rotatable bonds is 3. The molecule has 1 aliphatic rings. The first-order valence-electron chi connectivity index (χ1n) is 6.85. The molecule has 24 heavy (non-hydrogen) atoms. The molecule has 2 aromatic rings. The number of carbonyl (C=O) groups is 3. The fraction of sp³-hybridized carbons (Fsp3) is 0.0588. The monoisotopic (exact) mass is 322 g/mol. The van der Waals surface area contributed by atoms with Gasteiger partial charge in [0, 0.05) is 0 Å². The van der Waals surface area contributed by atoms with Gasteiger partial charge in [0.25, 0.3) is 11.8 Å². The number of nitrogens with zero attached hydrogens (tertiary/aromatic N) is 2. The van der Waals surface area contributed by atoms with Crippen molar-refractivity contribution < 1.29 is 24.0 Å². The van der Waals surface area contributed by atoms with Crippen molar-refractivity contribution in [3.05, 3.63) is 64.7 Å². The summed E-state index contributed by atoms with van der Waals surface area (Å²) in [4.78, 5) is 41.5. The van der Waals surface area contributed by atoms with Crippen molar-refractivity contribution in [3.63, 3.8) is 0 Å². The van der Waals surface area contributed by atoms with E-state index in [9.17, 15) is 14.4 Å². The molecule has 1 heterocycles.